The second-order valence-electron chi connectivity index (χ2n) is 6.92. The Bertz CT molecular complexity index is 1350. The van der Waals surface area contributed by atoms with Crippen molar-refractivity contribution >= 4 is 22.1 Å². The van der Waals surface area contributed by atoms with E-state index in [1.807, 2.05) is 42.5 Å². The number of thiazole rings is 1. The van der Waals surface area contributed by atoms with E-state index in [4.69, 9.17) is 4.74 Å². The lowest BCUT2D eigenvalue weighted by Crippen LogP contribution is -1.95. The fourth-order valence-corrected chi connectivity index (χ4v) is 4.83. The number of nitrogens with one attached hydrogen (secondary N) is 1. The number of nitrogens with zero attached hydrogens (tertiary/aromatic N) is 2. The van der Waals surface area contributed by atoms with Crippen molar-refractivity contribution in [2.45, 2.75) is 18.8 Å². The van der Waals surface area contributed by atoms with Gasteiger partial charge in [0.25, 0.3) is 0 Å². The lowest BCUT2D eigenvalue weighted by molar-refractivity contribution is 0.447. The molecular weight excluding hydrogens is 386 g/mol. The summed E-state index contributed by atoms with van der Waals surface area (Å²) in [5.41, 5.74) is 2.74. The van der Waals surface area contributed by atoms with Crippen molar-refractivity contribution < 1.29 is 9.84 Å². The summed E-state index contributed by atoms with van der Waals surface area (Å²) in [4.78, 5) is 18.8. The predicted molar refractivity (Wildman–Crippen MR) is 110 cm³/mol. The number of hydrogen-bond donors (Lipinski definition) is 2. The molecule has 1 aliphatic rings. The molecule has 1 aliphatic carbocycles. The van der Waals surface area contributed by atoms with Crippen molar-refractivity contribution in [2.75, 3.05) is 0 Å². The zero-order chi connectivity index (χ0) is 20.0. The van der Waals surface area contributed by atoms with Crippen LogP contribution < -0.4 is 9.61 Å². The Kier molecular flexibility index (Phi) is 4.07. The highest BCUT2D eigenvalue weighted by atomic mass is 32.1. The van der Waals surface area contributed by atoms with E-state index in [0.717, 1.165) is 46.1 Å². The summed E-state index contributed by atoms with van der Waals surface area (Å²) in [6, 6.07) is 15.5. The van der Waals surface area contributed by atoms with Crippen LogP contribution in [0.4, 0.5) is 0 Å². The summed E-state index contributed by atoms with van der Waals surface area (Å²) in [6.45, 7) is 0. The minimum Gasteiger partial charge on any atom is -0.494 e. The molecule has 5 rings (SSSR count). The number of H-pyrrole nitrogens is 1. The largest absolute Gasteiger partial charge is 0.494 e. The number of hydrogen-bond acceptors (Lipinski definition) is 6. The van der Waals surface area contributed by atoms with Crippen LogP contribution >= 0.6 is 11.3 Å². The SMILES string of the molecule is N#Cc1cnc(Oc2ccc3c(c2)CC[C@H]3c2sc(=O)[nH]c2O)c2ccccc12. The standard InChI is InChI=1S/C22H15N3O3S/c23-10-13-11-24-21(18-4-2-1-3-15(13)18)28-14-6-8-16-12(9-14)5-7-17(16)19-20(26)25-22(27)29-19/h1-4,6,8-9,11,17,26H,5,7H2,(H,25,27)/t17-/m1/s1. The number of fused-ring (bicyclic) bond motifs is 2. The van der Waals surface area contributed by atoms with Gasteiger partial charge in [-0.3, -0.25) is 9.78 Å². The molecule has 0 spiro atoms. The maximum absolute atomic E-state index is 11.5. The first-order chi connectivity index (χ1) is 14.1. The van der Waals surface area contributed by atoms with Gasteiger partial charge in [-0.05, 0) is 42.2 Å². The minimum absolute atomic E-state index is 0.0110. The third kappa shape index (κ3) is 2.94. The number of aromatic amines is 1. The Morgan fingerprint density at radius 2 is 2.07 bits per heavy atom. The van der Waals surface area contributed by atoms with Crippen LogP contribution in [0.15, 0.2) is 53.5 Å². The number of aromatic hydroxyl groups is 1. The smallest absolute Gasteiger partial charge is 0.307 e. The fraction of sp³-hybridized carbons (Fsp3) is 0.136. The predicted octanol–water partition coefficient (Wildman–Crippen LogP) is 4.43. The number of ether oxygens (including phenoxy) is 1. The molecule has 0 fully saturated rings. The normalized spacial score (nSPS) is 15.2. The summed E-state index contributed by atoms with van der Waals surface area (Å²) < 4.78 is 6.06. The van der Waals surface area contributed by atoms with E-state index >= 15 is 0 Å². The monoisotopic (exact) mass is 401 g/mol. The Hall–Kier alpha value is -3.63. The van der Waals surface area contributed by atoms with Crippen LogP contribution in [0.2, 0.25) is 0 Å². The average molecular weight is 401 g/mol. The number of aryl methyl sites for hydroxylation is 1. The Labute approximate surface area is 169 Å². The van der Waals surface area contributed by atoms with Crippen molar-refractivity contribution in [2.24, 2.45) is 0 Å². The molecule has 6 nitrogen and oxygen atoms in total. The zero-order valence-corrected chi connectivity index (χ0v) is 16.0. The molecule has 0 saturated carbocycles. The van der Waals surface area contributed by atoms with Gasteiger partial charge < -0.3 is 9.84 Å². The van der Waals surface area contributed by atoms with Crippen molar-refractivity contribution in [1.82, 2.24) is 9.97 Å². The van der Waals surface area contributed by atoms with Crippen molar-refractivity contribution in [3.8, 4) is 23.6 Å². The Morgan fingerprint density at radius 3 is 2.83 bits per heavy atom. The van der Waals surface area contributed by atoms with Gasteiger partial charge in [0.2, 0.25) is 11.8 Å². The van der Waals surface area contributed by atoms with Crippen LogP contribution in [0, 0.1) is 11.3 Å². The van der Waals surface area contributed by atoms with Crippen LogP contribution in [0.3, 0.4) is 0 Å². The molecule has 142 valence electrons. The lowest BCUT2D eigenvalue weighted by Gasteiger charge is -2.12. The molecule has 0 saturated heterocycles. The molecule has 0 amide bonds. The number of pyridine rings is 1. The van der Waals surface area contributed by atoms with Gasteiger partial charge in [-0.2, -0.15) is 5.26 Å². The van der Waals surface area contributed by atoms with Gasteiger partial charge >= 0.3 is 4.87 Å². The molecule has 7 heteroatoms. The van der Waals surface area contributed by atoms with Crippen LogP contribution in [-0.2, 0) is 6.42 Å². The minimum atomic E-state index is -0.246. The summed E-state index contributed by atoms with van der Waals surface area (Å²) in [5.74, 6) is 1.09. The zero-order valence-electron chi connectivity index (χ0n) is 15.2. The van der Waals surface area contributed by atoms with Crippen molar-refractivity contribution in [1.29, 1.82) is 5.26 Å². The second-order valence-corrected chi connectivity index (χ2v) is 7.93. The first-order valence-electron chi connectivity index (χ1n) is 9.14. The second kappa shape index (κ2) is 6.76. The summed E-state index contributed by atoms with van der Waals surface area (Å²) >= 11 is 1.06. The molecular formula is C22H15N3O3S. The van der Waals surface area contributed by atoms with E-state index in [1.165, 1.54) is 6.20 Å². The summed E-state index contributed by atoms with van der Waals surface area (Å²) in [7, 11) is 0. The van der Waals surface area contributed by atoms with Crippen LogP contribution in [0.25, 0.3) is 10.8 Å². The molecule has 0 aliphatic heterocycles. The topological polar surface area (TPSA) is 99.0 Å². The molecule has 2 N–H and O–H groups in total. The molecule has 0 bridgehead atoms. The quantitative estimate of drug-likeness (QED) is 0.529. The molecule has 29 heavy (non-hydrogen) atoms. The van der Waals surface area contributed by atoms with E-state index in [9.17, 15) is 15.2 Å². The molecule has 4 aromatic rings. The number of benzene rings is 2. The third-order valence-electron chi connectivity index (χ3n) is 5.26. The van der Waals surface area contributed by atoms with Gasteiger partial charge in [-0.15, -0.1) is 0 Å². The highest BCUT2D eigenvalue weighted by Gasteiger charge is 2.28. The van der Waals surface area contributed by atoms with Crippen LogP contribution in [0.5, 0.6) is 17.5 Å². The molecule has 1 atom stereocenters. The van der Waals surface area contributed by atoms with Gasteiger partial charge in [0, 0.05) is 22.9 Å². The van der Waals surface area contributed by atoms with Gasteiger partial charge in [0.05, 0.1) is 10.4 Å². The molecule has 0 radical (unpaired) electrons. The van der Waals surface area contributed by atoms with E-state index in [-0.39, 0.29) is 16.7 Å². The first-order valence-corrected chi connectivity index (χ1v) is 9.96. The maximum atomic E-state index is 11.5. The third-order valence-corrected chi connectivity index (χ3v) is 6.24. The van der Waals surface area contributed by atoms with Gasteiger partial charge in [-0.25, -0.2) is 4.98 Å². The average Bonchev–Trinajstić information content (AvgIpc) is 3.29. The van der Waals surface area contributed by atoms with Gasteiger partial charge in [0.15, 0.2) is 0 Å². The van der Waals surface area contributed by atoms with E-state index in [1.54, 1.807) is 0 Å². The number of aromatic nitrogens is 2. The fourth-order valence-electron chi connectivity index (χ4n) is 3.95. The van der Waals surface area contributed by atoms with E-state index < -0.39 is 0 Å². The Balaban J connectivity index is 1.50. The molecule has 2 aromatic heterocycles. The van der Waals surface area contributed by atoms with Crippen LogP contribution in [0.1, 0.15) is 33.9 Å². The lowest BCUT2D eigenvalue weighted by atomic mass is 10.00. The van der Waals surface area contributed by atoms with Crippen molar-refractivity contribution in [3.05, 3.63) is 79.9 Å². The van der Waals surface area contributed by atoms with Gasteiger partial charge in [0.1, 0.15) is 11.8 Å². The molecule has 2 aromatic carbocycles. The van der Waals surface area contributed by atoms with Crippen molar-refractivity contribution in [3.63, 3.8) is 0 Å². The van der Waals surface area contributed by atoms with E-state index in [0.29, 0.717) is 22.1 Å². The summed E-state index contributed by atoms with van der Waals surface area (Å²) in [5, 5.41) is 20.9. The Morgan fingerprint density at radius 1 is 1.24 bits per heavy atom. The van der Waals surface area contributed by atoms with E-state index in [2.05, 4.69) is 16.0 Å². The summed E-state index contributed by atoms with van der Waals surface area (Å²) in [6.07, 6.45) is 3.19. The van der Waals surface area contributed by atoms with Gasteiger partial charge in [-0.1, -0.05) is 35.6 Å². The molecule has 2 heterocycles. The van der Waals surface area contributed by atoms with Crippen LogP contribution in [-0.4, -0.2) is 15.1 Å². The highest BCUT2D eigenvalue weighted by Crippen LogP contribution is 2.43. The maximum Gasteiger partial charge on any atom is 0.307 e. The highest BCUT2D eigenvalue weighted by molar-refractivity contribution is 7.09. The first kappa shape index (κ1) is 17.5. The number of rotatable bonds is 3. The number of nitriles is 1. The molecule has 0 unspecified atom stereocenters.